The number of hydrogen-bond acceptors (Lipinski definition) is 4. The molecule has 1 N–H and O–H groups in total. The highest BCUT2D eigenvalue weighted by atomic mass is 35.5. The maximum Gasteiger partial charge on any atom is 0.117 e. The normalized spacial score (nSPS) is 34.2. The Labute approximate surface area is 179 Å². The van der Waals surface area contributed by atoms with E-state index in [4.69, 9.17) is 23.2 Å². The quantitative estimate of drug-likeness (QED) is 0.765. The van der Waals surface area contributed by atoms with Crippen LogP contribution in [0, 0.1) is 5.41 Å². The molecule has 1 spiro atoms. The SMILES string of the molecule is CN1CCN2NCCC2C1(c1cc(Cl)cc(Cl)c1)N1CCC2(CCCC2)CC1. The molecule has 2 unspecified atom stereocenters. The fourth-order valence-corrected chi connectivity index (χ4v) is 7.23. The van der Waals surface area contributed by atoms with Crippen molar-refractivity contribution in [2.24, 2.45) is 5.41 Å². The molecule has 0 aromatic heterocycles. The van der Waals surface area contributed by atoms with Crippen molar-refractivity contribution in [1.82, 2.24) is 20.2 Å². The molecule has 4 fully saturated rings. The van der Waals surface area contributed by atoms with E-state index in [1.54, 1.807) is 0 Å². The number of halogens is 2. The van der Waals surface area contributed by atoms with Crippen LogP contribution in [0.4, 0.5) is 0 Å². The Hall–Kier alpha value is -0.360. The van der Waals surface area contributed by atoms with Crippen LogP contribution in [0.25, 0.3) is 0 Å². The fraction of sp³-hybridized carbons (Fsp3) is 0.727. The molecule has 1 aromatic carbocycles. The Balaban J connectivity index is 1.57. The summed E-state index contributed by atoms with van der Waals surface area (Å²) in [5.74, 6) is 0. The van der Waals surface area contributed by atoms with E-state index in [1.165, 1.54) is 57.2 Å². The van der Waals surface area contributed by atoms with E-state index >= 15 is 0 Å². The third-order valence-corrected chi connectivity index (χ3v) is 8.53. The van der Waals surface area contributed by atoms with Gasteiger partial charge in [-0.2, -0.15) is 0 Å². The summed E-state index contributed by atoms with van der Waals surface area (Å²) in [6, 6.07) is 6.59. The number of likely N-dealkylation sites (N-methyl/N-ethyl adjacent to an activating group) is 1. The first-order valence-electron chi connectivity index (χ1n) is 11.0. The van der Waals surface area contributed by atoms with Gasteiger partial charge in [0.05, 0.1) is 6.04 Å². The number of piperidine rings is 1. The van der Waals surface area contributed by atoms with Crippen molar-refractivity contribution in [2.75, 3.05) is 39.8 Å². The Morgan fingerprint density at radius 3 is 2.29 bits per heavy atom. The van der Waals surface area contributed by atoms with Gasteiger partial charge in [0, 0.05) is 42.8 Å². The first-order chi connectivity index (χ1) is 13.5. The number of nitrogens with one attached hydrogen (secondary N) is 1. The lowest BCUT2D eigenvalue weighted by Crippen LogP contribution is -2.72. The van der Waals surface area contributed by atoms with Gasteiger partial charge in [-0.15, -0.1) is 0 Å². The fourth-order valence-electron chi connectivity index (χ4n) is 6.71. The van der Waals surface area contributed by atoms with Gasteiger partial charge in [-0.3, -0.25) is 15.2 Å². The zero-order chi connectivity index (χ0) is 19.4. The first-order valence-corrected chi connectivity index (χ1v) is 11.7. The third-order valence-electron chi connectivity index (χ3n) is 8.09. The van der Waals surface area contributed by atoms with E-state index < -0.39 is 0 Å². The van der Waals surface area contributed by atoms with Gasteiger partial charge in [-0.1, -0.05) is 36.0 Å². The van der Waals surface area contributed by atoms with Crippen LogP contribution in [-0.4, -0.2) is 60.6 Å². The van der Waals surface area contributed by atoms with E-state index in [9.17, 15) is 0 Å². The molecule has 3 aliphatic heterocycles. The van der Waals surface area contributed by atoms with Crippen LogP contribution in [0.2, 0.25) is 10.0 Å². The lowest BCUT2D eigenvalue weighted by atomic mass is 9.74. The van der Waals surface area contributed by atoms with E-state index in [0.717, 1.165) is 36.1 Å². The Bertz CT molecular complexity index is 705. The summed E-state index contributed by atoms with van der Waals surface area (Å²) >= 11 is 13.0. The largest absolute Gasteiger partial charge is 0.282 e. The van der Waals surface area contributed by atoms with E-state index in [2.05, 4.69) is 39.4 Å². The topological polar surface area (TPSA) is 21.8 Å². The number of hydrazine groups is 1. The minimum Gasteiger partial charge on any atom is -0.282 e. The summed E-state index contributed by atoms with van der Waals surface area (Å²) in [6.07, 6.45) is 9.53. The number of benzene rings is 1. The van der Waals surface area contributed by atoms with Gasteiger partial charge in [-0.05, 0) is 68.3 Å². The van der Waals surface area contributed by atoms with E-state index in [1.807, 2.05) is 6.07 Å². The molecule has 5 rings (SSSR count). The molecule has 1 saturated carbocycles. The molecule has 0 amide bonds. The second kappa shape index (κ2) is 7.40. The van der Waals surface area contributed by atoms with Crippen molar-refractivity contribution in [2.45, 2.75) is 56.7 Å². The molecule has 1 aliphatic carbocycles. The minimum atomic E-state index is -0.170. The molecule has 6 heteroatoms. The Morgan fingerprint density at radius 2 is 1.61 bits per heavy atom. The highest BCUT2D eigenvalue weighted by molar-refractivity contribution is 6.34. The summed E-state index contributed by atoms with van der Waals surface area (Å²) in [7, 11) is 2.30. The Morgan fingerprint density at radius 1 is 0.929 bits per heavy atom. The van der Waals surface area contributed by atoms with Crippen LogP contribution in [0.1, 0.15) is 50.5 Å². The molecule has 3 heterocycles. The van der Waals surface area contributed by atoms with E-state index in [0.29, 0.717) is 11.5 Å². The first kappa shape index (κ1) is 19.6. The van der Waals surface area contributed by atoms with Gasteiger partial charge in [0.1, 0.15) is 5.66 Å². The molecule has 2 atom stereocenters. The average molecular weight is 423 g/mol. The number of fused-ring (bicyclic) bond motifs is 1. The van der Waals surface area contributed by atoms with Crippen LogP contribution in [0.15, 0.2) is 18.2 Å². The van der Waals surface area contributed by atoms with Crippen molar-refractivity contribution < 1.29 is 0 Å². The molecule has 4 aliphatic rings. The molecule has 1 aromatic rings. The number of hydrogen-bond donors (Lipinski definition) is 1. The summed E-state index contributed by atoms with van der Waals surface area (Å²) in [5.41, 5.74) is 5.34. The zero-order valence-corrected chi connectivity index (χ0v) is 18.4. The standard InChI is InChI=1S/C22H32Cl2N4/c1-26-12-13-28-20(4-9-25-28)22(26,17-14-18(23)16-19(24)15-17)27-10-7-21(8-11-27)5-2-3-6-21/h14-16,20,25H,2-13H2,1H3. The molecule has 4 nitrogen and oxygen atoms in total. The summed E-state index contributed by atoms with van der Waals surface area (Å²) in [5, 5.41) is 3.96. The minimum absolute atomic E-state index is 0.170. The highest BCUT2D eigenvalue weighted by Crippen LogP contribution is 2.51. The van der Waals surface area contributed by atoms with Gasteiger partial charge in [-0.25, -0.2) is 5.01 Å². The van der Waals surface area contributed by atoms with Crippen LogP contribution >= 0.6 is 23.2 Å². The summed E-state index contributed by atoms with van der Waals surface area (Å²) in [6.45, 7) is 5.48. The van der Waals surface area contributed by atoms with E-state index in [-0.39, 0.29) is 5.66 Å². The molecule has 154 valence electrons. The van der Waals surface area contributed by atoms with Gasteiger partial charge in [0.2, 0.25) is 0 Å². The van der Waals surface area contributed by atoms with Crippen LogP contribution < -0.4 is 5.43 Å². The van der Waals surface area contributed by atoms with Crippen molar-refractivity contribution in [3.8, 4) is 0 Å². The second-order valence-corrected chi connectivity index (χ2v) is 10.3. The van der Waals surface area contributed by atoms with Gasteiger partial charge in [0.15, 0.2) is 0 Å². The number of nitrogens with zero attached hydrogens (tertiary/aromatic N) is 3. The third kappa shape index (κ3) is 3.03. The Kier molecular flexibility index (Phi) is 5.18. The second-order valence-electron chi connectivity index (χ2n) is 9.41. The molecule has 28 heavy (non-hydrogen) atoms. The van der Waals surface area contributed by atoms with Gasteiger partial charge >= 0.3 is 0 Å². The maximum atomic E-state index is 6.51. The highest BCUT2D eigenvalue weighted by Gasteiger charge is 2.56. The lowest BCUT2D eigenvalue weighted by molar-refractivity contribution is -0.155. The van der Waals surface area contributed by atoms with Crippen LogP contribution in [-0.2, 0) is 5.66 Å². The molecular weight excluding hydrogens is 391 g/mol. The van der Waals surface area contributed by atoms with Gasteiger partial charge in [0.25, 0.3) is 0 Å². The predicted octanol–water partition coefficient (Wildman–Crippen LogP) is 4.33. The van der Waals surface area contributed by atoms with Crippen molar-refractivity contribution >= 4 is 23.2 Å². The van der Waals surface area contributed by atoms with Crippen LogP contribution in [0.3, 0.4) is 0 Å². The number of piperazine rings is 1. The van der Waals surface area contributed by atoms with Crippen LogP contribution in [0.5, 0.6) is 0 Å². The maximum absolute atomic E-state index is 6.51. The number of rotatable bonds is 2. The number of likely N-dealkylation sites (tertiary alicyclic amines) is 1. The molecule has 3 saturated heterocycles. The average Bonchev–Trinajstić information content (AvgIpc) is 3.32. The summed E-state index contributed by atoms with van der Waals surface area (Å²) in [4.78, 5) is 5.35. The van der Waals surface area contributed by atoms with Gasteiger partial charge < -0.3 is 0 Å². The zero-order valence-electron chi connectivity index (χ0n) is 16.9. The lowest BCUT2D eigenvalue weighted by Gasteiger charge is -2.60. The van der Waals surface area contributed by atoms with Crippen molar-refractivity contribution in [1.29, 1.82) is 0 Å². The van der Waals surface area contributed by atoms with Crippen molar-refractivity contribution in [3.05, 3.63) is 33.8 Å². The molecule has 0 radical (unpaired) electrons. The smallest absolute Gasteiger partial charge is 0.117 e. The predicted molar refractivity (Wildman–Crippen MR) is 116 cm³/mol. The monoisotopic (exact) mass is 422 g/mol. The molecular formula is C22H32Cl2N4. The molecule has 0 bridgehead atoms. The summed E-state index contributed by atoms with van der Waals surface area (Å²) < 4.78 is 0. The van der Waals surface area contributed by atoms with Crippen molar-refractivity contribution in [3.63, 3.8) is 0 Å².